The molecule has 26 heavy (non-hydrogen) atoms. The number of carbonyl (C=O) groups is 1. The molecule has 3 aromatic rings. The third kappa shape index (κ3) is 2.65. The van der Waals surface area contributed by atoms with E-state index in [1.807, 2.05) is 23.4 Å². The summed E-state index contributed by atoms with van der Waals surface area (Å²) in [5.74, 6) is 2.25. The van der Waals surface area contributed by atoms with Crippen molar-refractivity contribution < 1.29 is 4.79 Å². The van der Waals surface area contributed by atoms with Gasteiger partial charge in [0.1, 0.15) is 11.3 Å². The molecule has 136 valence electrons. The predicted octanol–water partition coefficient (Wildman–Crippen LogP) is 2.11. The van der Waals surface area contributed by atoms with E-state index in [9.17, 15) is 4.79 Å². The van der Waals surface area contributed by atoms with Crippen LogP contribution in [0.25, 0.3) is 11.2 Å². The van der Waals surface area contributed by atoms with Gasteiger partial charge in [-0.3, -0.25) is 4.79 Å². The van der Waals surface area contributed by atoms with Crippen molar-refractivity contribution in [2.75, 3.05) is 6.54 Å². The molecule has 1 atom stereocenters. The van der Waals surface area contributed by atoms with E-state index in [4.69, 9.17) is 0 Å². The minimum atomic E-state index is -0.0308. The van der Waals surface area contributed by atoms with Crippen LogP contribution in [0.5, 0.6) is 0 Å². The molecule has 0 aliphatic carbocycles. The second-order valence-electron chi connectivity index (χ2n) is 7.39. The first kappa shape index (κ1) is 16.7. The van der Waals surface area contributed by atoms with E-state index in [-0.39, 0.29) is 11.9 Å². The molecule has 0 spiro atoms. The molecule has 0 radical (unpaired) electrons. The van der Waals surface area contributed by atoms with Crippen LogP contribution in [0.2, 0.25) is 0 Å². The molecule has 0 saturated carbocycles. The van der Waals surface area contributed by atoms with E-state index in [2.05, 4.69) is 38.6 Å². The molecule has 0 N–H and O–H groups in total. The van der Waals surface area contributed by atoms with Gasteiger partial charge in [-0.05, 0) is 25.3 Å². The number of rotatable bonds is 3. The zero-order valence-corrected chi connectivity index (χ0v) is 15.5. The Morgan fingerprint density at radius 2 is 2.12 bits per heavy atom. The summed E-state index contributed by atoms with van der Waals surface area (Å²) in [6.45, 7) is 7.48. The molecular weight excluding hydrogens is 330 g/mol. The third-order valence-electron chi connectivity index (χ3n) is 4.93. The number of aromatic nitrogens is 6. The van der Waals surface area contributed by atoms with Crippen LogP contribution in [0.15, 0.2) is 18.6 Å². The highest BCUT2D eigenvalue weighted by atomic mass is 16.2. The summed E-state index contributed by atoms with van der Waals surface area (Å²) in [4.78, 5) is 23.8. The van der Waals surface area contributed by atoms with Gasteiger partial charge in [0.05, 0.1) is 24.5 Å². The first-order valence-electron chi connectivity index (χ1n) is 8.91. The second-order valence-corrected chi connectivity index (χ2v) is 7.39. The minimum Gasteiger partial charge on any atom is -0.329 e. The predicted molar refractivity (Wildman–Crippen MR) is 96.5 cm³/mol. The zero-order chi connectivity index (χ0) is 18.4. The number of aryl methyl sites for hydroxylation is 2. The number of fused-ring (bicyclic) bond motifs is 2. The maximum atomic E-state index is 13.3. The topological polar surface area (TPSA) is 81.7 Å². The summed E-state index contributed by atoms with van der Waals surface area (Å²) in [5.41, 5.74) is 1.94. The van der Waals surface area contributed by atoms with Crippen LogP contribution in [0.4, 0.5) is 0 Å². The van der Waals surface area contributed by atoms with Crippen LogP contribution in [-0.2, 0) is 13.6 Å². The summed E-state index contributed by atoms with van der Waals surface area (Å²) >= 11 is 0. The van der Waals surface area contributed by atoms with Crippen molar-refractivity contribution in [2.24, 2.45) is 13.0 Å². The maximum absolute atomic E-state index is 13.3. The third-order valence-corrected chi connectivity index (χ3v) is 4.93. The van der Waals surface area contributed by atoms with E-state index in [1.165, 1.54) is 0 Å². The summed E-state index contributed by atoms with van der Waals surface area (Å²) in [5, 5.41) is 8.52. The second kappa shape index (κ2) is 6.19. The van der Waals surface area contributed by atoms with E-state index in [0.29, 0.717) is 35.7 Å². The molecule has 1 amide bonds. The molecule has 0 bridgehead atoms. The average Bonchev–Trinajstić information content (AvgIpc) is 3.17. The Morgan fingerprint density at radius 1 is 1.31 bits per heavy atom. The lowest BCUT2D eigenvalue weighted by Crippen LogP contribution is -2.42. The van der Waals surface area contributed by atoms with E-state index < -0.39 is 0 Å². The molecule has 0 aromatic carbocycles. The van der Waals surface area contributed by atoms with Gasteiger partial charge >= 0.3 is 0 Å². The summed E-state index contributed by atoms with van der Waals surface area (Å²) in [7, 11) is 1.88. The van der Waals surface area contributed by atoms with Crippen LogP contribution < -0.4 is 0 Å². The smallest absolute Gasteiger partial charge is 0.256 e. The van der Waals surface area contributed by atoms with E-state index in [1.54, 1.807) is 18.6 Å². The highest BCUT2D eigenvalue weighted by Gasteiger charge is 2.32. The number of nitrogens with zero attached hydrogens (tertiary/aromatic N) is 7. The van der Waals surface area contributed by atoms with Crippen LogP contribution in [-0.4, -0.2) is 46.7 Å². The first-order chi connectivity index (χ1) is 12.5. The molecule has 8 heteroatoms. The molecule has 0 fully saturated rings. The number of carbonyl (C=O) groups excluding carboxylic acids is 1. The highest BCUT2D eigenvalue weighted by molar-refractivity contribution is 6.04. The molecule has 0 unspecified atom stereocenters. The van der Waals surface area contributed by atoms with Gasteiger partial charge in [-0.25, -0.2) is 9.97 Å². The SMILES string of the molecule is Cc1nnc2n1[C@@H](CC(C)C)CN(C(=O)c1ccnc3c1ncn3C)C2. The Morgan fingerprint density at radius 3 is 2.88 bits per heavy atom. The van der Waals surface area contributed by atoms with Crippen LogP contribution in [0.1, 0.15) is 48.3 Å². The van der Waals surface area contributed by atoms with Gasteiger partial charge in [-0.1, -0.05) is 13.8 Å². The Kier molecular flexibility index (Phi) is 3.97. The zero-order valence-electron chi connectivity index (χ0n) is 15.5. The van der Waals surface area contributed by atoms with Crippen LogP contribution in [0, 0.1) is 12.8 Å². The normalized spacial score (nSPS) is 17.1. The summed E-state index contributed by atoms with van der Waals surface area (Å²) < 4.78 is 4.01. The Labute approximate surface area is 151 Å². The van der Waals surface area contributed by atoms with Crippen LogP contribution in [0.3, 0.4) is 0 Å². The Bertz CT molecular complexity index is 971. The van der Waals surface area contributed by atoms with Gasteiger partial charge < -0.3 is 14.0 Å². The van der Waals surface area contributed by atoms with Crippen molar-refractivity contribution >= 4 is 17.1 Å². The van der Waals surface area contributed by atoms with Crippen molar-refractivity contribution in [3.05, 3.63) is 35.8 Å². The van der Waals surface area contributed by atoms with Gasteiger partial charge in [-0.2, -0.15) is 0 Å². The summed E-state index contributed by atoms with van der Waals surface area (Å²) in [6.07, 6.45) is 4.33. The van der Waals surface area contributed by atoms with Crippen molar-refractivity contribution in [3.63, 3.8) is 0 Å². The van der Waals surface area contributed by atoms with Crippen molar-refractivity contribution in [1.29, 1.82) is 0 Å². The fourth-order valence-corrected chi connectivity index (χ4v) is 3.82. The maximum Gasteiger partial charge on any atom is 0.256 e. The lowest BCUT2D eigenvalue weighted by molar-refractivity contribution is 0.0662. The van der Waals surface area contributed by atoms with E-state index >= 15 is 0 Å². The largest absolute Gasteiger partial charge is 0.329 e. The lowest BCUT2D eigenvalue weighted by atomic mass is 10.0. The molecule has 1 aliphatic heterocycles. The van der Waals surface area contributed by atoms with Gasteiger partial charge in [0.2, 0.25) is 0 Å². The van der Waals surface area contributed by atoms with Gasteiger partial charge in [0.15, 0.2) is 11.5 Å². The van der Waals surface area contributed by atoms with Gasteiger partial charge in [-0.15, -0.1) is 10.2 Å². The number of pyridine rings is 1. The Balaban J connectivity index is 1.70. The average molecular weight is 353 g/mol. The fraction of sp³-hybridized carbons (Fsp3) is 0.500. The van der Waals surface area contributed by atoms with Gasteiger partial charge in [0, 0.05) is 19.8 Å². The Hall–Kier alpha value is -2.77. The fourth-order valence-electron chi connectivity index (χ4n) is 3.82. The monoisotopic (exact) mass is 353 g/mol. The lowest BCUT2D eigenvalue weighted by Gasteiger charge is -2.35. The molecule has 8 nitrogen and oxygen atoms in total. The van der Waals surface area contributed by atoms with Crippen molar-refractivity contribution in [1.82, 2.24) is 34.2 Å². The molecule has 4 heterocycles. The quantitative estimate of drug-likeness (QED) is 0.720. The van der Waals surface area contributed by atoms with Crippen molar-refractivity contribution in [3.8, 4) is 0 Å². The molecule has 3 aromatic heterocycles. The highest BCUT2D eigenvalue weighted by Crippen LogP contribution is 2.28. The number of hydrogen-bond donors (Lipinski definition) is 0. The standard InChI is InChI=1S/C18H23N7O/c1-11(2)7-13-8-24(9-15-22-21-12(3)25(13)15)18(26)14-5-6-19-17-16(14)20-10-23(17)4/h5-6,10-11,13H,7-9H2,1-4H3/t13-/m0/s1. The molecular formula is C18H23N7O. The van der Waals surface area contributed by atoms with Crippen molar-refractivity contribution in [2.45, 2.75) is 39.8 Å². The first-order valence-corrected chi connectivity index (χ1v) is 8.91. The van der Waals surface area contributed by atoms with E-state index in [0.717, 1.165) is 18.1 Å². The minimum absolute atomic E-state index is 0.0308. The number of amides is 1. The molecule has 4 rings (SSSR count). The summed E-state index contributed by atoms with van der Waals surface area (Å²) in [6, 6.07) is 1.94. The van der Waals surface area contributed by atoms with Gasteiger partial charge in [0.25, 0.3) is 5.91 Å². The molecule has 1 aliphatic rings. The molecule has 0 saturated heterocycles. The van der Waals surface area contributed by atoms with Crippen LogP contribution >= 0.6 is 0 Å². The number of hydrogen-bond acceptors (Lipinski definition) is 5. The number of imidazole rings is 1.